The van der Waals surface area contributed by atoms with Gasteiger partial charge in [-0.25, -0.2) is 0 Å². The van der Waals surface area contributed by atoms with E-state index in [0.29, 0.717) is 0 Å². The lowest BCUT2D eigenvalue weighted by molar-refractivity contribution is 0.399. The lowest BCUT2D eigenvalue weighted by Gasteiger charge is -2.19. The molecule has 0 aliphatic rings. The highest BCUT2D eigenvalue weighted by Gasteiger charge is 2.23. The van der Waals surface area contributed by atoms with Crippen molar-refractivity contribution in [3.05, 3.63) is 36.0 Å². The predicted octanol–water partition coefficient (Wildman–Crippen LogP) is 2.20. The summed E-state index contributed by atoms with van der Waals surface area (Å²) in [5, 5.41) is 7.78. The first kappa shape index (κ1) is 12.7. The lowest BCUT2D eigenvalue weighted by atomic mass is 10.1. The maximum Gasteiger partial charge on any atom is 0.161 e. The van der Waals surface area contributed by atoms with Gasteiger partial charge >= 0.3 is 0 Å². The van der Waals surface area contributed by atoms with E-state index in [2.05, 4.69) is 24.3 Å². The third-order valence-electron chi connectivity index (χ3n) is 2.92. The van der Waals surface area contributed by atoms with Crippen LogP contribution in [-0.4, -0.2) is 23.4 Å². The van der Waals surface area contributed by atoms with Crippen molar-refractivity contribution in [2.24, 2.45) is 0 Å². The Labute approximate surface area is 107 Å². The number of hydrogen-bond donors (Lipinski definition) is 1. The number of furan rings is 1. The van der Waals surface area contributed by atoms with Crippen molar-refractivity contribution in [1.29, 1.82) is 0 Å². The van der Waals surface area contributed by atoms with Crippen LogP contribution in [0.2, 0.25) is 0 Å². The molecule has 2 heterocycles. The van der Waals surface area contributed by atoms with Gasteiger partial charge in [0, 0.05) is 12.1 Å². The zero-order valence-electron chi connectivity index (χ0n) is 11.0. The molecule has 5 nitrogen and oxygen atoms in total. The Morgan fingerprint density at radius 1 is 1.50 bits per heavy atom. The fraction of sp³-hybridized carbons (Fsp3) is 0.462. The summed E-state index contributed by atoms with van der Waals surface area (Å²) in [5.41, 5.74) is 2.11. The normalized spacial score (nSPS) is 12.6. The molecule has 1 atom stereocenters. The van der Waals surface area contributed by atoms with Gasteiger partial charge < -0.3 is 14.5 Å². The molecule has 0 amide bonds. The fourth-order valence-electron chi connectivity index (χ4n) is 2.09. The standard InChI is InChI=1S/C13H19N3O2/c1-4-14-12(10-6-7-18-9-10)13-11(17-3)8-15-16(13)5-2/h6-9,12,14H,4-5H2,1-3H3. The van der Waals surface area contributed by atoms with Gasteiger partial charge in [-0.3, -0.25) is 4.68 Å². The average molecular weight is 249 g/mol. The van der Waals surface area contributed by atoms with Gasteiger partial charge in [-0.15, -0.1) is 0 Å². The van der Waals surface area contributed by atoms with E-state index in [0.717, 1.165) is 30.1 Å². The minimum Gasteiger partial charge on any atom is -0.493 e. The number of hydrogen-bond acceptors (Lipinski definition) is 4. The molecule has 2 aromatic rings. The molecule has 0 aromatic carbocycles. The Morgan fingerprint density at radius 3 is 2.89 bits per heavy atom. The molecule has 0 radical (unpaired) electrons. The van der Waals surface area contributed by atoms with Crippen LogP contribution in [0.5, 0.6) is 5.75 Å². The molecule has 0 fully saturated rings. The van der Waals surface area contributed by atoms with E-state index in [4.69, 9.17) is 9.15 Å². The highest BCUT2D eigenvalue weighted by Crippen LogP contribution is 2.30. The maximum atomic E-state index is 5.40. The highest BCUT2D eigenvalue weighted by molar-refractivity contribution is 5.35. The largest absolute Gasteiger partial charge is 0.493 e. The Morgan fingerprint density at radius 2 is 2.33 bits per heavy atom. The van der Waals surface area contributed by atoms with Gasteiger partial charge in [-0.1, -0.05) is 6.92 Å². The van der Waals surface area contributed by atoms with Gasteiger partial charge in [-0.2, -0.15) is 5.10 Å². The summed E-state index contributed by atoms with van der Waals surface area (Å²) in [6, 6.07) is 1.99. The first-order valence-electron chi connectivity index (χ1n) is 6.16. The predicted molar refractivity (Wildman–Crippen MR) is 68.7 cm³/mol. The highest BCUT2D eigenvalue weighted by atomic mass is 16.5. The summed E-state index contributed by atoms with van der Waals surface area (Å²) >= 11 is 0. The second-order valence-electron chi connectivity index (χ2n) is 3.96. The van der Waals surface area contributed by atoms with Crippen LogP contribution in [0.15, 0.2) is 29.2 Å². The van der Waals surface area contributed by atoms with Gasteiger partial charge in [0.1, 0.15) is 5.69 Å². The van der Waals surface area contributed by atoms with E-state index >= 15 is 0 Å². The molecular weight excluding hydrogens is 230 g/mol. The molecule has 2 aromatic heterocycles. The van der Waals surface area contributed by atoms with Crippen LogP contribution in [-0.2, 0) is 6.54 Å². The van der Waals surface area contributed by atoms with Crippen LogP contribution < -0.4 is 10.1 Å². The topological polar surface area (TPSA) is 52.2 Å². The second-order valence-corrected chi connectivity index (χ2v) is 3.96. The van der Waals surface area contributed by atoms with Gasteiger partial charge in [-0.05, 0) is 19.5 Å². The molecule has 0 aliphatic heterocycles. The van der Waals surface area contributed by atoms with Gasteiger partial charge in [0.05, 0.1) is 31.9 Å². The summed E-state index contributed by atoms with van der Waals surface area (Å²) in [6.45, 7) is 5.80. The molecule has 98 valence electrons. The van der Waals surface area contributed by atoms with Crippen LogP contribution in [0.1, 0.15) is 31.1 Å². The Bertz CT molecular complexity index is 455. The average Bonchev–Trinajstić information content (AvgIpc) is 3.04. The van der Waals surface area contributed by atoms with E-state index in [-0.39, 0.29) is 6.04 Å². The molecule has 1 unspecified atom stereocenters. The van der Waals surface area contributed by atoms with E-state index in [1.54, 1.807) is 25.8 Å². The SMILES string of the molecule is CCNC(c1ccoc1)c1c(OC)cnn1CC. The molecule has 0 aliphatic carbocycles. The van der Waals surface area contributed by atoms with Crippen molar-refractivity contribution in [1.82, 2.24) is 15.1 Å². The number of rotatable bonds is 6. The summed E-state index contributed by atoms with van der Waals surface area (Å²) in [6.07, 6.45) is 5.18. The molecule has 2 rings (SSSR count). The third kappa shape index (κ3) is 2.26. The molecule has 1 N–H and O–H groups in total. The minimum atomic E-state index is 0.0335. The Balaban J connectivity index is 2.44. The first-order chi connectivity index (χ1) is 8.81. The monoisotopic (exact) mass is 249 g/mol. The number of nitrogens with zero attached hydrogens (tertiary/aromatic N) is 2. The van der Waals surface area contributed by atoms with Gasteiger partial charge in [0.15, 0.2) is 5.75 Å². The zero-order valence-corrected chi connectivity index (χ0v) is 11.0. The molecule has 18 heavy (non-hydrogen) atoms. The second kappa shape index (κ2) is 5.73. The van der Waals surface area contributed by atoms with Crippen molar-refractivity contribution >= 4 is 0 Å². The van der Waals surface area contributed by atoms with Gasteiger partial charge in [0.25, 0.3) is 0 Å². The van der Waals surface area contributed by atoms with E-state index in [1.165, 1.54) is 0 Å². The van der Waals surface area contributed by atoms with Crippen molar-refractivity contribution < 1.29 is 9.15 Å². The van der Waals surface area contributed by atoms with Crippen molar-refractivity contribution in [3.8, 4) is 5.75 Å². The Kier molecular flexibility index (Phi) is 4.04. The van der Waals surface area contributed by atoms with Crippen molar-refractivity contribution in [2.45, 2.75) is 26.4 Å². The summed E-state index contributed by atoms with van der Waals surface area (Å²) in [5.74, 6) is 0.795. The third-order valence-corrected chi connectivity index (χ3v) is 2.92. The number of aryl methyl sites for hydroxylation is 1. The van der Waals surface area contributed by atoms with Crippen molar-refractivity contribution in [3.63, 3.8) is 0 Å². The molecular formula is C13H19N3O2. The van der Waals surface area contributed by atoms with E-state index in [1.807, 2.05) is 10.7 Å². The van der Waals surface area contributed by atoms with E-state index < -0.39 is 0 Å². The van der Waals surface area contributed by atoms with Crippen LogP contribution in [0.3, 0.4) is 0 Å². The lowest BCUT2D eigenvalue weighted by Crippen LogP contribution is -2.25. The number of aromatic nitrogens is 2. The summed E-state index contributed by atoms with van der Waals surface area (Å²) in [7, 11) is 1.67. The molecule has 0 saturated carbocycles. The van der Waals surface area contributed by atoms with E-state index in [9.17, 15) is 0 Å². The van der Waals surface area contributed by atoms with Gasteiger partial charge in [0.2, 0.25) is 0 Å². The minimum absolute atomic E-state index is 0.0335. The number of methoxy groups -OCH3 is 1. The van der Waals surface area contributed by atoms with Crippen molar-refractivity contribution in [2.75, 3.05) is 13.7 Å². The van der Waals surface area contributed by atoms with Crippen LogP contribution in [0.4, 0.5) is 0 Å². The maximum absolute atomic E-state index is 5.40. The summed E-state index contributed by atoms with van der Waals surface area (Å²) in [4.78, 5) is 0. The molecule has 5 heteroatoms. The number of nitrogens with one attached hydrogen (secondary N) is 1. The van der Waals surface area contributed by atoms with Crippen LogP contribution >= 0.6 is 0 Å². The molecule has 0 spiro atoms. The molecule has 0 bridgehead atoms. The first-order valence-corrected chi connectivity index (χ1v) is 6.16. The quantitative estimate of drug-likeness (QED) is 0.852. The fourth-order valence-corrected chi connectivity index (χ4v) is 2.09. The zero-order chi connectivity index (χ0) is 13.0. The number of ether oxygens (including phenoxy) is 1. The molecule has 0 saturated heterocycles. The van der Waals surface area contributed by atoms with Crippen LogP contribution in [0.25, 0.3) is 0 Å². The Hall–Kier alpha value is -1.75. The smallest absolute Gasteiger partial charge is 0.161 e. The summed E-state index contributed by atoms with van der Waals surface area (Å²) < 4.78 is 12.5. The van der Waals surface area contributed by atoms with Crippen LogP contribution in [0, 0.1) is 0 Å².